The number of aromatic nitrogens is 6. The Bertz CT molecular complexity index is 1300. The minimum atomic E-state index is -4.55. The van der Waals surface area contributed by atoms with Crippen molar-refractivity contribution in [2.24, 2.45) is 0 Å². The van der Waals surface area contributed by atoms with Gasteiger partial charge >= 0.3 is 6.18 Å². The van der Waals surface area contributed by atoms with E-state index < -0.39 is 11.7 Å². The number of halogens is 3. The molecule has 4 aromatic rings. The summed E-state index contributed by atoms with van der Waals surface area (Å²) in [5, 5.41) is 12.6. The molecule has 2 atom stereocenters. The van der Waals surface area contributed by atoms with E-state index in [4.69, 9.17) is 0 Å². The van der Waals surface area contributed by atoms with Gasteiger partial charge in [0.15, 0.2) is 5.65 Å². The van der Waals surface area contributed by atoms with Gasteiger partial charge in [-0.2, -0.15) is 13.2 Å². The summed E-state index contributed by atoms with van der Waals surface area (Å²) in [4.78, 5) is 13.0. The summed E-state index contributed by atoms with van der Waals surface area (Å²) in [6, 6.07) is 5.80. The van der Waals surface area contributed by atoms with Crippen LogP contribution in [0.2, 0.25) is 0 Å². The van der Waals surface area contributed by atoms with Crippen molar-refractivity contribution >= 4 is 22.9 Å². The first-order chi connectivity index (χ1) is 15.8. The number of hydrogen-bond donors (Lipinski definition) is 1. The van der Waals surface area contributed by atoms with Gasteiger partial charge in [0.05, 0.1) is 21.3 Å². The van der Waals surface area contributed by atoms with Gasteiger partial charge in [-0.3, -0.25) is 4.40 Å². The van der Waals surface area contributed by atoms with Gasteiger partial charge in [-0.25, -0.2) is 15.0 Å². The van der Waals surface area contributed by atoms with Gasteiger partial charge in [0, 0.05) is 24.4 Å². The molecule has 33 heavy (non-hydrogen) atoms. The number of fused-ring (bicyclic) bond motifs is 1. The molecule has 1 N–H and O–H groups in total. The molecule has 7 nitrogen and oxygen atoms in total. The Balaban J connectivity index is 1.42. The first-order valence-corrected chi connectivity index (χ1v) is 11.6. The molecule has 4 aromatic heterocycles. The van der Waals surface area contributed by atoms with Crippen LogP contribution in [0.3, 0.4) is 0 Å². The molecule has 11 heteroatoms. The smallest absolute Gasteiger partial charge is 0.351 e. The highest BCUT2D eigenvalue weighted by molar-refractivity contribution is 7.15. The second kappa shape index (κ2) is 8.36. The third-order valence-corrected chi connectivity index (χ3v) is 7.01. The Morgan fingerprint density at radius 2 is 1.97 bits per heavy atom. The van der Waals surface area contributed by atoms with E-state index in [0.717, 1.165) is 43.4 Å². The van der Waals surface area contributed by atoms with Crippen LogP contribution in [0.5, 0.6) is 0 Å². The van der Waals surface area contributed by atoms with E-state index in [-0.39, 0.29) is 23.6 Å². The number of thiazole rings is 1. The van der Waals surface area contributed by atoms with Crippen LogP contribution in [-0.4, -0.2) is 35.6 Å². The van der Waals surface area contributed by atoms with E-state index in [1.807, 2.05) is 28.8 Å². The number of anilines is 1. The normalized spacial score (nSPS) is 19.2. The fourth-order valence-corrected chi connectivity index (χ4v) is 5.38. The molecule has 172 valence electrons. The molecule has 0 spiro atoms. The predicted molar refractivity (Wildman–Crippen MR) is 119 cm³/mol. The zero-order valence-corrected chi connectivity index (χ0v) is 18.9. The SMILES string of the molecule is Cc1nc(C)c(-c2nc(N[C@@H]3CCC[C@H](c4nnc5ccccn45)C3)ncc2C(F)(F)F)s1. The number of nitrogens with one attached hydrogen (secondary N) is 1. The summed E-state index contributed by atoms with van der Waals surface area (Å²) >= 11 is 1.21. The summed E-state index contributed by atoms with van der Waals surface area (Å²) in [7, 11) is 0. The number of alkyl halides is 3. The lowest BCUT2D eigenvalue weighted by Crippen LogP contribution is -2.28. The number of nitrogens with zero attached hydrogens (tertiary/aromatic N) is 6. The predicted octanol–water partition coefficient (Wildman–Crippen LogP) is 5.42. The summed E-state index contributed by atoms with van der Waals surface area (Å²) < 4.78 is 43.0. The first-order valence-electron chi connectivity index (χ1n) is 10.7. The van der Waals surface area contributed by atoms with Crippen molar-refractivity contribution in [2.45, 2.75) is 57.7 Å². The van der Waals surface area contributed by atoms with E-state index >= 15 is 0 Å². The maximum absolute atomic E-state index is 13.7. The number of pyridine rings is 1. The zero-order valence-electron chi connectivity index (χ0n) is 18.1. The molecule has 0 saturated heterocycles. The highest BCUT2D eigenvalue weighted by Crippen LogP contribution is 2.40. The van der Waals surface area contributed by atoms with E-state index in [2.05, 4.69) is 30.5 Å². The van der Waals surface area contributed by atoms with Gasteiger partial charge in [-0.1, -0.05) is 12.5 Å². The quantitative estimate of drug-likeness (QED) is 0.427. The lowest BCUT2D eigenvalue weighted by Gasteiger charge is -2.29. The molecule has 1 saturated carbocycles. The molecule has 1 aliphatic carbocycles. The molecule has 0 bridgehead atoms. The van der Waals surface area contributed by atoms with Crippen LogP contribution in [0.1, 0.15) is 53.7 Å². The van der Waals surface area contributed by atoms with Gasteiger partial charge in [0.1, 0.15) is 11.4 Å². The van der Waals surface area contributed by atoms with Gasteiger partial charge in [-0.15, -0.1) is 21.5 Å². The average Bonchev–Trinajstić information content (AvgIpc) is 3.35. The number of hydrogen-bond acceptors (Lipinski definition) is 7. The third-order valence-electron chi connectivity index (χ3n) is 5.93. The van der Waals surface area contributed by atoms with Crippen molar-refractivity contribution < 1.29 is 13.2 Å². The summed E-state index contributed by atoms with van der Waals surface area (Å²) in [5.41, 5.74) is 0.354. The average molecular weight is 474 g/mol. The van der Waals surface area contributed by atoms with E-state index in [1.165, 1.54) is 11.3 Å². The van der Waals surface area contributed by atoms with Crippen LogP contribution in [0.25, 0.3) is 16.2 Å². The second-order valence-electron chi connectivity index (χ2n) is 8.29. The van der Waals surface area contributed by atoms with E-state index in [0.29, 0.717) is 15.6 Å². The van der Waals surface area contributed by atoms with Crippen molar-refractivity contribution in [3.63, 3.8) is 0 Å². The van der Waals surface area contributed by atoms with Gasteiger partial charge in [-0.05, 0) is 45.2 Å². The van der Waals surface area contributed by atoms with E-state index in [1.54, 1.807) is 13.8 Å². The Morgan fingerprint density at radius 1 is 1.12 bits per heavy atom. The van der Waals surface area contributed by atoms with Gasteiger partial charge < -0.3 is 5.32 Å². The Hall–Kier alpha value is -3.08. The maximum Gasteiger partial charge on any atom is 0.420 e. The van der Waals surface area contributed by atoms with Crippen LogP contribution in [0.15, 0.2) is 30.6 Å². The Labute approximate surface area is 192 Å². The zero-order chi connectivity index (χ0) is 23.2. The van der Waals surface area contributed by atoms with Crippen molar-refractivity contribution in [1.29, 1.82) is 0 Å². The number of aryl methyl sites for hydroxylation is 2. The van der Waals surface area contributed by atoms with E-state index in [9.17, 15) is 13.2 Å². The fourth-order valence-electron chi connectivity index (χ4n) is 4.46. The van der Waals surface area contributed by atoms with Crippen molar-refractivity contribution in [1.82, 2.24) is 29.5 Å². The van der Waals surface area contributed by atoms with Crippen molar-refractivity contribution in [3.8, 4) is 10.6 Å². The monoisotopic (exact) mass is 473 g/mol. The standard InChI is InChI=1S/C22H22F3N7S/c1-12-19(33-13(2)27-12)18-16(22(23,24)25)11-26-21(29-18)28-15-7-5-6-14(10-15)20-31-30-17-8-3-4-9-32(17)20/h3-4,8-9,11,14-15H,5-7,10H2,1-2H3,(H,26,28,29)/t14-,15+/m0/s1. The molecule has 1 aliphatic rings. The Morgan fingerprint density at radius 3 is 2.73 bits per heavy atom. The van der Waals surface area contributed by atoms with Gasteiger partial charge in [0.25, 0.3) is 0 Å². The first kappa shape index (κ1) is 21.7. The largest absolute Gasteiger partial charge is 0.420 e. The van der Waals surface area contributed by atoms with Crippen molar-refractivity contribution in [3.05, 3.63) is 52.7 Å². The Kier molecular flexibility index (Phi) is 5.51. The lowest BCUT2D eigenvalue weighted by molar-refractivity contribution is -0.137. The molecule has 0 aliphatic heterocycles. The van der Waals surface area contributed by atoms with Crippen LogP contribution in [0.4, 0.5) is 19.1 Å². The summed E-state index contributed by atoms with van der Waals surface area (Å²) in [6.07, 6.45) is 1.86. The summed E-state index contributed by atoms with van der Waals surface area (Å²) in [5.74, 6) is 1.29. The molecule has 0 amide bonds. The van der Waals surface area contributed by atoms with Crippen molar-refractivity contribution in [2.75, 3.05) is 5.32 Å². The fraction of sp³-hybridized carbons (Fsp3) is 0.409. The molecule has 5 rings (SSSR count). The van der Waals surface area contributed by atoms with Gasteiger partial charge in [0.2, 0.25) is 5.95 Å². The number of rotatable bonds is 4. The molecule has 0 unspecified atom stereocenters. The van der Waals surface area contributed by atoms with Crippen LogP contribution >= 0.6 is 11.3 Å². The highest BCUT2D eigenvalue weighted by atomic mass is 32.1. The maximum atomic E-state index is 13.7. The minimum absolute atomic E-state index is 0.0219. The van der Waals surface area contributed by atoms with Crippen LogP contribution in [-0.2, 0) is 6.18 Å². The molecular formula is C22H22F3N7S. The minimum Gasteiger partial charge on any atom is -0.351 e. The third kappa shape index (κ3) is 4.29. The summed E-state index contributed by atoms with van der Waals surface area (Å²) in [6.45, 7) is 3.47. The second-order valence-corrected chi connectivity index (χ2v) is 9.50. The molecular weight excluding hydrogens is 451 g/mol. The molecule has 0 radical (unpaired) electrons. The molecule has 0 aromatic carbocycles. The topological polar surface area (TPSA) is 80.9 Å². The lowest BCUT2D eigenvalue weighted by atomic mass is 9.85. The highest BCUT2D eigenvalue weighted by Gasteiger charge is 2.37. The van der Waals surface area contributed by atoms with Crippen LogP contribution in [0, 0.1) is 13.8 Å². The molecule has 4 heterocycles. The van der Waals surface area contributed by atoms with Crippen LogP contribution < -0.4 is 5.32 Å². The molecule has 1 fully saturated rings.